The molecule has 3 heteroatoms. The highest BCUT2D eigenvalue weighted by molar-refractivity contribution is 5.71. The molecular weight excluding hydrogens is 474 g/mol. The van der Waals surface area contributed by atoms with Gasteiger partial charge in [-0.1, -0.05) is 98.1 Å². The summed E-state index contributed by atoms with van der Waals surface area (Å²) in [5.41, 5.74) is 12.4. The van der Waals surface area contributed by atoms with E-state index in [2.05, 4.69) is 150 Å². The molecule has 0 N–H and O–H groups in total. The topological polar surface area (TPSA) is 21.7 Å². The molecule has 1 heterocycles. The monoisotopic (exact) mass is 514 g/mol. The summed E-state index contributed by atoms with van der Waals surface area (Å²) in [5.74, 6) is 2.71. The van der Waals surface area contributed by atoms with Crippen LogP contribution in [0.15, 0.2) is 84.9 Å². The predicted molar refractivity (Wildman–Crippen MR) is 163 cm³/mol. The van der Waals surface area contributed by atoms with E-state index in [4.69, 9.17) is 5.10 Å². The Morgan fingerprint density at radius 1 is 0.641 bits per heavy atom. The third-order valence-corrected chi connectivity index (χ3v) is 7.63. The van der Waals surface area contributed by atoms with Crippen LogP contribution in [-0.4, -0.2) is 9.78 Å². The van der Waals surface area contributed by atoms with Crippen LogP contribution in [0.25, 0.3) is 39.6 Å². The minimum absolute atomic E-state index is 0.324. The summed E-state index contributed by atoms with van der Waals surface area (Å²) in [7, 11) is 2.15. The molecule has 0 atom stereocenters. The maximum atomic E-state index is 5.42. The van der Waals surface area contributed by atoms with Crippen molar-refractivity contribution in [3.05, 3.63) is 113 Å². The summed E-state index contributed by atoms with van der Waals surface area (Å²) in [5, 5.41) is 5.42. The fraction of sp³-hybridized carbons (Fsp3) is 0.278. The Morgan fingerprint density at radius 3 is 1.77 bits per heavy atom. The van der Waals surface area contributed by atoms with E-state index in [9.17, 15) is 0 Å². The third kappa shape index (κ3) is 5.06. The van der Waals surface area contributed by atoms with Crippen molar-refractivity contribution in [2.45, 2.75) is 60.3 Å². The molecule has 0 aliphatic carbocycles. The normalized spacial score (nSPS) is 11.5. The minimum atomic E-state index is 0.324. The summed E-state index contributed by atoms with van der Waals surface area (Å²) in [4.78, 5) is 0. The lowest BCUT2D eigenvalue weighted by molar-refractivity contribution is -0.649. The van der Waals surface area contributed by atoms with Gasteiger partial charge in [-0.25, -0.2) is 4.57 Å². The van der Waals surface area contributed by atoms with E-state index in [0.717, 1.165) is 17.2 Å². The van der Waals surface area contributed by atoms with Crippen molar-refractivity contribution in [1.82, 2.24) is 9.78 Å². The van der Waals surface area contributed by atoms with Crippen molar-refractivity contribution in [2.24, 2.45) is 7.05 Å². The molecule has 0 fully saturated rings. The van der Waals surface area contributed by atoms with Crippen LogP contribution in [0.4, 0.5) is 0 Å². The van der Waals surface area contributed by atoms with Crippen molar-refractivity contribution < 1.29 is 4.57 Å². The Bertz CT molecular complexity index is 1590. The molecule has 0 saturated heterocycles. The molecule has 5 rings (SSSR count). The lowest BCUT2D eigenvalue weighted by Gasteiger charge is -2.19. The van der Waals surface area contributed by atoms with Gasteiger partial charge < -0.3 is 0 Å². The van der Waals surface area contributed by atoms with Gasteiger partial charge in [0.25, 0.3) is 5.82 Å². The molecule has 3 nitrogen and oxygen atoms in total. The Kier molecular flexibility index (Phi) is 7.27. The molecule has 0 bridgehead atoms. The zero-order valence-corrected chi connectivity index (χ0v) is 24.6. The molecular formula is C36H40N3+. The molecule has 39 heavy (non-hydrogen) atoms. The minimum Gasteiger partial charge on any atom is -0.226 e. The van der Waals surface area contributed by atoms with Crippen LogP contribution in [0.3, 0.4) is 0 Å². The zero-order valence-electron chi connectivity index (χ0n) is 24.6. The zero-order chi connectivity index (χ0) is 27.8. The fourth-order valence-corrected chi connectivity index (χ4v) is 5.68. The van der Waals surface area contributed by atoms with Crippen LogP contribution in [-0.2, 0) is 7.05 Å². The second-order valence-corrected chi connectivity index (χ2v) is 11.5. The Labute approximate surface area is 233 Å². The highest BCUT2D eigenvalue weighted by Crippen LogP contribution is 2.38. The second-order valence-electron chi connectivity index (χ2n) is 11.5. The molecule has 4 aromatic carbocycles. The van der Waals surface area contributed by atoms with Crippen LogP contribution in [0.2, 0.25) is 0 Å². The summed E-state index contributed by atoms with van der Waals surface area (Å²) >= 11 is 0. The van der Waals surface area contributed by atoms with E-state index in [1.54, 1.807) is 0 Å². The number of hydrogen-bond donors (Lipinski definition) is 0. The summed E-state index contributed by atoms with van der Waals surface area (Å²) < 4.78 is 4.50. The molecule has 0 radical (unpaired) electrons. The molecule has 0 amide bonds. The highest BCUT2D eigenvalue weighted by atomic mass is 15.4. The Hall–Kier alpha value is -3.98. The van der Waals surface area contributed by atoms with Crippen LogP contribution in [0.5, 0.6) is 0 Å². The highest BCUT2D eigenvalue weighted by Gasteiger charge is 2.32. The predicted octanol–water partition coefficient (Wildman–Crippen LogP) is 8.87. The first-order valence-corrected chi connectivity index (χ1v) is 14.0. The number of hydrogen-bond acceptors (Lipinski definition) is 1. The van der Waals surface area contributed by atoms with E-state index >= 15 is 0 Å². The summed E-state index contributed by atoms with van der Waals surface area (Å²) in [6.45, 7) is 15.7. The smallest absolute Gasteiger partial charge is 0.226 e. The molecule has 0 aliphatic rings. The Morgan fingerprint density at radius 2 is 1.21 bits per heavy atom. The van der Waals surface area contributed by atoms with Crippen molar-refractivity contribution in [3.8, 4) is 39.6 Å². The van der Waals surface area contributed by atoms with Gasteiger partial charge in [-0.3, -0.25) is 0 Å². The van der Waals surface area contributed by atoms with Crippen LogP contribution in [0, 0.1) is 20.8 Å². The van der Waals surface area contributed by atoms with Crippen molar-refractivity contribution in [3.63, 3.8) is 0 Å². The molecule has 0 aliphatic heterocycles. The van der Waals surface area contributed by atoms with E-state index in [0.29, 0.717) is 11.8 Å². The van der Waals surface area contributed by atoms with Gasteiger partial charge >= 0.3 is 5.82 Å². The van der Waals surface area contributed by atoms with Crippen LogP contribution in [0.1, 0.15) is 67.3 Å². The molecule has 198 valence electrons. The first kappa shape index (κ1) is 26.6. The number of aryl methyl sites for hydroxylation is 3. The van der Waals surface area contributed by atoms with Gasteiger partial charge in [-0.15, -0.1) is 0 Å². The average Bonchev–Trinajstić information content (AvgIpc) is 3.24. The number of nitrogens with zero attached hydrogens (tertiary/aromatic N) is 3. The van der Waals surface area contributed by atoms with Gasteiger partial charge in [-0.05, 0) is 90.8 Å². The number of rotatable bonds is 6. The van der Waals surface area contributed by atoms with Gasteiger partial charge in [0.05, 0.1) is 23.3 Å². The maximum absolute atomic E-state index is 5.42. The standard InChI is InChI=1S/C36H40N3/c1-23(2)32-21-29(28-15-10-9-11-16-28)22-33(24(3)4)34(32)39-36(31-17-13-12-14-27(31)7)38(8)35(37-39)30-19-25(5)18-26(6)20-30/h9-24H,1-8H3/q+1. The first-order chi connectivity index (χ1) is 18.7. The first-order valence-electron chi connectivity index (χ1n) is 14.0. The maximum Gasteiger partial charge on any atom is 0.309 e. The largest absolute Gasteiger partial charge is 0.309 e. The molecule has 1 aromatic heterocycles. The van der Waals surface area contributed by atoms with Gasteiger partial charge in [0.1, 0.15) is 5.69 Å². The molecule has 0 spiro atoms. The van der Waals surface area contributed by atoms with E-state index in [1.807, 2.05) is 0 Å². The van der Waals surface area contributed by atoms with Crippen molar-refractivity contribution in [2.75, 3.05) is 0 Å². The second kappa shape index (κ2) is 10.6. The van der Waals surface area contributed by atoms with Crippen molar-refractivity contribution >= 4 is 0 Å². The van der Waals surface area contributed by atoms with E-state index < -0.39 is 0 Å². The van der Waals surface area contributed by atoms with Gasteiger partial charge in [0.2, 0.25) is 0 Å². The number of aromatic nitrogens is 3. The van der Waals surface area contributed by atoms with E-state index in [1.165, 1.54) is 50.2 Å². The molecule has 5 aromatic rings. The lowest BCUT2D eigenvalue weighted by Crippen LogP contribution is -2.32. The van der Waals surface area contributed by atoms with Crippen molar-refractivity contribution in [1.29, 1.82) is 0 Å². The number of benzene rings is 4. The van der Waals surface area contributed by atoms with Crippen LogP contribution >= 0.6 is 0 Å². The average molecular weight is 515 g/mol. The molecule has 0 unspecified atom stereocenters. The SMILES string of the molecule is Cc1cc(C)cc(-c2nn(-c3c(C(C)C)cc(-c4ccccc4)cc3C(C)C)c(-c3ccccc3C)[n+]2C)c1. The quantitative estimate of drug-likeness (QED) is 0.207. The third-order valence-electron chi connectivity index (χ3n) is 7.63. The van der Waals surface area contributed by atoms with Gasteiger partial charge in [0, 0.05) is 0 Å². The lowest BCUT2D eigenvalue weighted by atomic mass is 9.88. The van der Waals surface area contributed by atoms with Gasteiger partial charge in [0.15, 0.2) is 0 Å². The van der Waals surface area contributed by atoms with E-state index in [-0.39, 0.29) is 0 Å². The fourth-order valence-electron chi connectivity index (χ4n) is 5.68. The Balaban J connectivity index is 1.89. The molecule has 0 saturated carbocycles. The van der Waals surface area contributed by atoms with Gasteiger partial charge in [-0.2, -0.15) is 0 Å². The summed E-state index contributed by atoms with van der Waals surface area (Å²) in [6, 6.07) is 30.8. The summed E-state index contributed by atoms with van der Waals surface area (Å²) in [6.07, 6.45) is 0. The van der Waals surface area contributed by atoms with Crippen LogP contribution < -0.4 is 4.57 Å².